The van der Waals surface area contributed by atoms with E-state index in [-0.39, 0.29) is 24.0 Å². The zero-order valence-electron chi connectivity index (χ0n) is 14.7. The van der Waals surface area contributed by atoms with Crippen LogP contribution in [0.2, 0.25) is 0 Å². The maximum Gasteiger partial charge on any atom is 0.193 e. The van der Waals surface area contributed by atoms with Gasteiger partial charge in [0.2, 0.25) is 0 Å². The van der Waals surface area contributed by atoms with Gasteiger partial charge in [-0.15, -0.1) is 24.0 Å². The molecule has 0 aliphatic rings. The predicted molar refractivity (Wildman–Crippen MR) is 118 cm³/mol. The number of nitrogens with one attached hydrogen (secondary N) is 2. The lowest BCUT2D eigenvalue weighted by molar-refractivity contribution is 0.836. The van der Waals surface area contributed by atoms with Crippen molar-refractivity contribution in [1.82, 2.24) is 4.98 Å². The van der Waals surface area contributed by atoms with Gasteiger partial charge in [0.1, 0.15) is 0 Å². The second-order valence-corrected chi connectivity index (χ2v) is 6.23. The van der Waals surface area contributed by atoms with E-state index in [4.69, 9.17) is 5.73 Å². The number of anilines is 1. The van der Waals surface area contributed by atoms with E-state index >= 15 is 0 Å². The van der Waals surface area contributed by atoms with Crippen LogP contribution in [0.15, 0.2) is 53.7 Å². The van der Waals surface area contributed by atoms with E-state index in [2.05, 4.69) is 71.7 Å². The van der Waals surface area contributed by atoms with Crippen LogP contribution in [-0.4, -0.2) is 17.5 Å². The predicted octanol–water partition coefficient (Wildman–Crippen LogP) is 4.76. The number of aromatic nitrogens is 1. The molecule has 3 aromatic rings. The van der Waals surface area contributed by atoms with Crippen molar-refractivity contribution in [2.75, 3.05) is 11.9 Å². The first kappa shape index (κ1) is 19.3. The van der Waals surface area contributed by atoms with Gasteiger partial charge in [-0.1, -0.05) is 24.3 Å². The Kier molecular flexibility index (Phi) is 6.87. The van der Waals surface area contributed by atoms with E-state index in [9.17, 15) is 0 Å². The van der Waals surface area contributed by atoms with Crippen molar-refractivity contribution in [2.24, 2.45) is 10.7 Å². The molecule has 0 atom stereocenters. The first-order valence-electron chi connectivity index (χ1n) is 8.32. The van der Waals surface area contributed by atoms with Crippen LogP contribution in [0.4, 0.5) is 5.69 Å². The molecule has 0 bridgehead atoms. The molecule has 4 N–H and O–H groups in total. The lowest BCUT2D eigenvalue weighted by Crippen LogP contribution is -2.23. The van der Waals surface area contributed by atoms with E-state index in [1.807, 2.05) is 6.07 Å². The maximum atomic E-state index is 5.99. The second kappa shape index (κ2) is 8.89. The third-order valence-corrected chi connectivity index (χ3v) is 4.06. The Hall–Kier alpha value is -2.02. The van der Waals surface area contributed by atoms with E-state index in [0.29, 0.717) is 12.5 Å². The van der Waals surface area contributed by atoms with E-state index in [1.165, 1.54) is 27.6 Å². The normalized spacial score (nSPS) is 11.4. The van der Waals surface area contributed by atoms with Gasteiger partial charge in [0.05, 0.1) is 0 Å². The first-order chi connectivity index (χ1) is 11.6. The zero-order chi connectivity index (χ0) is 16.9. The zero-order valence-corrected chi connectivity index (χ0v) is 17.0. The second-order valence-electron chi connectivity index (χ2n) is 6.23. The van der Waals surface area contributed by atoms with Crippen LogP contribution < -0.4 is 11.1 Å². The SMILES string of the molecule is Cc1cc(C)cc(NC(N)=NCCCc2c[nH]c3ccccc23)c1.I. The molecule has 0 aliphatic carbocycles. The van der Waals surface area contributed by atoms with Gasteiger partial charge < -0.3 is 16.0 Å². The maximum absolute atomic E-state index is 5.99. The fraction of sp³-hybridized carbons (Fsp3) is 0.250. The number of aryl methyl sites for hydroxylation is 3. The summed E-state index contributed by atoms with van der Waals surface area (Å²) < 4.78 is 0. The molecular weight excluding hydrogens is 423 g/mol. The standard InChI is InChI=1S/C20H24N4.HI/c1-14-10-15(2)12-17(11-14)24-20(21)22-9-5-6-16-13-23-19-8-4-3-7-18(16)19;/h3-4,7-8,10-13,23H,5-6,9H2,1-2H3,(H3,21,22,24);1H. The number of H-pyrrole nitrogens is 1. The minimum absolute atomic E-state index is 0. The van der Waals surface area contributed by atoms with Gasteiger partial charge in [0.15, 0.2) is 5.96 Å². The Balaban J connectivity index is 0.00000225. The van der Waals surface area contributed by atoms with Crippen molar-refractivity contribution in [3.8, 4) is 0 Å². The number of aromatic amines is 1. The van der Waals surface area contributed by atoms with E-state index in [0.717, 1.165) is 18.5 Å². The van der Waals surface area contributed by atoms with Crippen LogP contribution >= 0.6 is 24.0 Å². The smallest absolute Gasteiger partial charge is 0.193 e. The molecule has 1 aromatic heterocycles. The summed E-state index contributed by atoms with van der Waals surface area (Å²) in [6.07, 6.45) is 4.05. The molecule has 0 aliphatic heterocycles. The lowest BCUT2D eigenvalue weighted by Gasteiger charge is -2.08. The minimum atomic E-state index is 0. The molecule has 1 heterocycles. The Morgan fingerprint density at radius 2 is 1.84 bits per heavy atom. The number of fused-ring (bicyclic) bond motifs is 1. The molecular formula is C20H25IN4. The molecule has 0 unspecified atom stereocenters. The molecule has 5 heteroatoms. The highest BCUT2D eigenvalue weighted by Crippen LogP contribution is 2.19. The van der Waals surface area contributed by atoms with E-state index in [1.54, 1.807) is 0 Å². The number of nitrogens with zero attached hydrogens (tertiary/aromatic N) is 1. The number of guanidine groups is 1. The fourth-order valence-electron chi connectivity index (χ4n) is 3.04. The van der Waals surface area contributed by atoms with Crippen molar-refractivity contribution in [1.29, 1.82) is 0 Å². The number of para-hydroxylation sites is 1. The summed E-state index contributed by atoms with van der Waals surface area (Å²) in [4.78, 5) is 7.74. The van der Waals surface area contributed by atoms with Crippen molar-refractivity contribution in [3.05, 3.63) is 65.4 Å². The largest absolute Gasteiger partial charge is 0.370 e. The van der Waals surface area contributed by atoms with Gasteiger partial charge in [-0.3, -0.25) is 4.99 Å². The monoisotopic (exact) mass is 448 g/mol. The summed E-state index contributed by atoms with van der Waals surface area (Å²) in [5.41, 5.74) is 11.9. The highest BCUT2D eigenvalue weighted by Gasteiger charge is 2.02. The summed E-state index contributed by atoms with van der Waals surface area (Å²) in [5, 5.41) is 4.46. The third-order valence-electron chi connectivity index (χ3n) is 4.06. The fourth-order valence-corrected chi connectivity index (χ4v) is 3.04. The Morgan fingerprint density at radius 1 is 1.12 bits per heavy atom. The van der Waals surface area contributed by atoms with Crippen LogP contribution in [0.5, 0.6) is 0 Å². The Labute approximate surface area is 165 Å². The molecule has 0 spiro atoms. The van der Waals surface area contributed by atoms with Crippen molar-refractivity contribution < 1.29 is 0 Å². The lowest BCUT2D eigenvalue weighted by atomic mass is 10.1. The van der Waals surface area contributed by atoms with Crippen LogP contribution in [0.1, 0.15) is 23.1 Å². The van der Waals surface area contributed by atoms with Crippen LogP contribution in [0.3, 0.4) is 0 Å². The summed E-state index contributed by atoms with van der Waals surface area (Å²) in [7, 11) is 0. The Morgan fingerprint density at radius 3 is 2.60 bits per heavy atom. The van der Waals surface area contributed by atoms with Crippen molar-refractivity contribution in [3.63, 3.8) is 0 Å². The van der Waals surface area contributed by atoms with Gasteiger partial charge in [-0.05, 0) is 61.6 Å². The Bertz CT molecular complexity index is 847. The number of hydrogen-bond acceptors (Lipinski definition) is 1. The topological polar surface area (TPSA) is 66.2 Å². The molecule has 2 aromatic carbocycles. The van der Waals surface area contributed by atoms with Gasteiger partial charge in [-0.2, -0.15) is 0 Å². The van der Waals surface area contributed by atoms with Crippen LogP contribution in [0, 0.1) is 13.8 Å². The molecule has 0 fully saturated rings. The summed E-state index contributed by atoms with van der Waals surface area (Å²) >= 11 is 0. The molecule has 3 rings (SSSR count). The number of aliphatic imine (C=N–C) groups is 1. The average Bonchev–Trinajstić information content (AvgIpc) is 2.94. The number of hydrogen-bond donors (Lipinski definition) is 3. The number of halogens is 1. The van der Waals surface area contributed by atoms with Crippen LogP contribution in [-0.2, 0) is 6.42 Å². The number of rotatable bonds is 5. The van der Waals surface area contributed by atoms with Crippen molar-refractivity contribution >= 4 is 46.5 Å². The summed E-state index contributed by atoms with van der Waals surface area (Å²) in [5.74, 6) is 0.471. The molecule has 0 amide bonds. The van der Waals surface area contributed by atoms with Gasteiger partial charge in [-0.25, -0.2) is 0 Å². The molecule has 25 heavy (non-hydrogen) atoms. The van der Waals surface area contributed by atoms with Crippen molar-refractivity contribution in [2.45, 2.75) is 26.7 Å². The van der Waals surface area contributed by atoms with Gasteiger partial charge >= 0.3 is 0 Å². The highest BCUT2D eigenvalue weighted by atomic mass is 127. The van der Waals surface area contributed by atoms with Gasteiger partial charge in [0.25, 0.3) is 0 Å². The minimum Gasteiger partial charge on any atom is -0.370 e. The third kappa shape index (κ3) is 5.22. The molecule has 0 radical (unpaired) electrons. The summed E-state index contributed by atoms with van der Waals surface area (Å²) in [6.45, 7) is 4.86. The molecule has 132 valence electrons. The first-order valence-corrected chi connectivity index (χ1v) is 8.32. The number of nitrogens with two attached hydrogens (primary N) is 1. The summed E-state index contributed by atoms with van der Waals surface area (Å²) in [6, 6.07) is 14.7. The van der Waals surface area contributed by atoms with Crippen LogP contribution in [0.25, 0.3) is 10.9 Å². The van der Waals surface area contributed by atoms with Gasteiger partial charge in [0, 0.05) is 29.3 Å². The quantitative estimate of drug-likeness (QED) is 0.228. The van der Waals surface area contributed by atoms with E-state index < -0.39 is 0 Å². The molecule has 0 saturated carbocycles. The highest BCUT2D eigenvalue weighted by molar-refractivity contribution is 14.0. The molecule has 0 saturated heterocycles. The average molecular weight is 448 g/mol. The number of benzene rings is 2. The molecule has 4 nitrogen and oxygen atoms in total.